The number of alkyl halides is 3. The van der Waals surface area contributed by atoms with Crippen molar-refractivity contribution in [3.8, 4) is 22.9 Å². The van der Waals surface area contributed by atoms with Crippen LogP contribution in [0.5, 0.6) is 5.75 Å². The molecule has 0 bridgehead atoms. The highest BCUT2D eigenvalue weighted by Gasteiger charge is 2.36. The zero-order chi connectivity index (χ0) is 26.9. The summed E-state index contributed by atoms with van der Waals surface area (Å²) < 4.78 is 51.0. The Morgan fingerprint density at radius 1 is 1.00 bits per heavy atom. The van der Waals surface area contributed by atoms with Crippen molar-refractivity contribution < 1.29 is 22.3 Å². The number of nitrogens with two attached hydrogens (primary N) is 1. The topological polar surface area (TPSA) is 89.3 Å². The number of halogens is 4. The summed E-state index contributed by atoms with van der Waals surface area (Å²) in [6.07, 6.45) is -4.60. The molecule has 1 aliphatic heterocycles. The quantitative estimate of drug-likeness (QED) is 0.276. The minimum atomic E-state index is -4.60. The average Bonchev–Trinajstić information content (AvgIpc) is 2.89. The molecule has 1 aliphatic rings. The largest absolute Gasteiger partial charge is 0.439 e. The van der Waals surface area contributed by atoms with Crippen molar-refractivity contribution in [2.45, 2.75) is 25.9 Å². The second-order valence-corrected chi connectivity index (χ2v) is 8.27. The SMILES string of the molecule is CC.N#CC1=C(N)Oc2c(c(=O)oc3ccccc23)C1c1ccc(-c2ccc(Cl)c(C(F)(F)F)c2)cc1. The van der Waals surface area contributed by atoms with E-state index in [9.17, 15) is 23.2 Å². The molecule has 188 valence electrons. The van der Waals surface area contributed by atoms with Gasteiger partial charge in [-0.25, -0.2) is 4.79 Å². The van der Waals surface area contributed by atoms with Gasteiger partial charge < -0.3 is 14.9 Å². The predicted octanol–water partition coefficient (Wildman–Crippen LogP) is 7.38. The van der Waals surface area contributed by atoms with Crippen LogP contribution in [0, 0.1) is 11.3 Å². The highest BCUT2D eigenvalue weighted by molar-refractivity contribution is 6.31. The Kier molecular flexibility index (Phi) is 7.01. The van der Waals surface area contributed by atoms with Crippen LogP contribution in [-0.4, -0.2) is 0 Å². The molecule has 0 saturated carbocycles. The molecule has 3 aromatic carbocycles. The normalized spacial score (nSPS) is 14.8. The first kappa shape index (κ1) is 25.9. The molecule has 0 fully saturated rings. The van der Waals surface area contributed by atoms with E-state index in [0.717, 1.165) is 6.07 Å². The number of ether oxygens (including phenoxy) is 1. The van der Waals surface area contributed by atoms with Crippen molar-refractivity contribution in [2.75, 3.05) is 0 Å². The minimum Gasteiger partial charge on any atom is -0.439 e. The highest BCUT2D eigenvalue weighted by Crippen LogP contribution is 2.44. The van der Waals surface area contributed by atoms with Crippen LogP contribution >= 0.6 is 11.6 Å². The van der Waals surface area contributed by atoms with Gasteiger partial charge in [-0.1, -0.05) is 67.9 Å². The standard InChI is InChI=1S/C26H14ClF3N2O3.C2H6/c27-19-10-9-15(11-18(19)26(28,29)30)13-5-7-14(8-6-13)21-17(12-31)24(32)35-23-16-3-1-2-4-20(16)34-25(33)22(21)23;1-2/h1-11,21H,32H2;1-2H3. The van der Waals surface area contributed by atoms with E-state index >= 15 is 0 Å². The maximum Gasteiger partial charge on any atom is 0.417 e. The predicted molar refractivity (Wildman–Crippen MR) is 135 cm³/mol. The molecular weight excluding hydrogens is 505 g/mol. The monoisotopic (exact) mass is 524 g/mol. The fourth-order valence-electron chi connectivity index (χ4n) is 4.19. The van der Waals surface area contributed by atoms with Crippen molar-refractivity contribution in [1.82, 2.24) is 0 Å². The summed E-state index contributed by atoms with van der Waals surface area (Å²) in [6, 6.07) is 18.9. The smallest absolute Gasteiger partial charge is 0.417 e. The van der Waals surface area contributed by atoms with Gasteiger partial charge in [0.2, 0.25) is 5.88 Å². The Labute approximate surface area is 215 Å². The Hall–Kier alpha value is -4.22. The zero-order valence-corrected chi connectivity index (χ0v) is 20.4. The molecule has 0 radical (unpaired) electrons. The summed E-state index contributed by atoms with van der Waals surface area (Å²) in [6.45, 7) is 4.00. The van der Waals surface area contributed by atoms with Gasteiger partial charge in [-0.15, -0.1) is 0 Å². The van der Waals surface area contributed by atoms with Crippen molar-refractivity contribution in [3.63, 3.8) is 0 Å². The Morgan fingerprint density at radius 2 is 1.65 bits per heavy atom. The number of nitrogens with zero attached hydrogens (tertiary/aromatic N) is 1. The summed E-state index contributed by atoms with van der Waals surface area (Å²) in [4.78, 5) is 12.9. The number of rotatable bonds is 2. The van der Waals surface area contributed by atoms with Crippen molar-refractivity contribution in [1.29, 1.82) is 5.26 Å². The maximum atomic E-state index is 13.3. The van der Waals surface area contributed by atoms with Gasteiger partial charge in [0.1, 0.15) is 17.2 Å². The molecule has 4 aromatic rings. The first-order valence-electron chi connectivity index (χ1n) is 11.3. The van der Waals surface area contributed by atoms with E-state index in [4.69, 9.17) is 26.5 Å². The summed E-state index contributed by atoms with van der Waals surface area (Å²) in [5, 5.41) is 9.89. The van der Waals surface area contributed by atoms with Crippen LogP contribution in [0.4, 0.5) is 13.2 Å². The van der Waals surface area contributed by atoms with Crippen molar-refractivity contribution >= 4 is 22.6 Å². The number of nitriles is 1. The third kappa shape index (κ3) is 4.66. The molecule has 0 aliphatic carbocycles. The maximum absolute atomic E-state index is 13.3. The molecule has 5 nitrogen and oxygen atoms in total. The van der Waals surface area contributed by atoms with Gasteiger partial charge >= 0.3 is 11.8 Å². The lowest BCUT2D eigenvalue weighted by atomic mass is 9.83. The third-order valence-corrected chi connectivity index (χ3v) is 6.15. The van der Waals surface area contributed by atoms with Gasteiger partial charge in [0, 0.05) is 0 Å². The fourth-order valence-corrected chi connectivity index (χ4v) is 4.41. The van der Waals surface area contributed by atoms with Crippen LogP contribution in [-0.2, 0) is 6.18 Å². The van der Waals surface area contributed by atoms with Crippen LogP contribution in [0.15, 0.2) is 87.4 Å². The summed E-state index contributed by atoms with van der Waals surface area (Å²) >= 11 is 5.73. The van der Waals surface area contributed by atoms with Crippen LogP contribution in [0.3, 0.4) is 0 Å². The van der Waals surface area contributed by atoms with E-state index in [1.807, 2.05) is 19.9 Å². The van der Waals surface area contributed by atoms with Crippen molar-refractivity contribution in [3.05, 3.63) is 110 Å². The lowest BCUT2D eigenvalue weighted by molar-refractivity contribution is -0.137. The Bertz CT molecular complexity index is 1620. The fraction of sp³-hybridized carbons (Fsp3) is 0.143. The average molecular weight is 525 g/mol. The van der Waals surface area contributed by atoms with Gasteiger partial charge in [-0.3, -0.25) is 0 Å². The Balaban J connectivity index is 0.00000156. The minimum absolute atomic E-state index is 0.0266. The molecule has 1 atom stereocenters. The van der Waals surface area contributed by atoms with Gasteiger partial charge in [-0.05, 0) is 41.0 Å². The number of fused-ring (bicyclic) bond motifs is 3. The molecule has 0 amide bonds. The summed E-state index contributed by atoms with van der Waals surface area (Å²) in [5.41, 5.74) is 6.20. The van der Waals surface area contributed by atoms with Crippen LogP contribution in [0.2, 0.25) is 5.02 Å². The molecule has 2 N–H and O–H groups in total. The van der Waals surface area contributed by atoms with E-state index in [0.29, 0.717) is 27.7 Å². The van der Waals surface area contributed by atoms with E-state index in [-0.39, 0.29) is 22.8 Å². The molecule has 1 aromatic heterocycles. The van der Waals surface area contributed by atoms with Crippen LogP contribution in [0.25, 0.3) is 22.1 Å². The summed E-state index contributed by atoms with van der Waals surface area (Å²) in [7, 11) is 0. The first-order chi connectivity index (χ1) is 17.7. The Morgan fingerprint density at radius 3 is 2.30 bits per heavy atom. The highest BCUT2D eigenvalue weighted by atomic mass is 35.5. The van der Waals surface area contributed by atoms with Crippen molar-refractivity contribution in [2.24, 2.45) is 5.73 Å². The van der Waals surface area contributed by atoms with Gasteiger partial charge in [0.25, 0.3) is 0 Å². The second kappa shape index (κ2) is 10.0. The second-order valence-electron chi connectivity index (χ2n) is 7.87. The lowest BCUT2D eigenvalue weighted by Crippen LogP contribution is -2.26. The number of para-hydroxylation sites is 1. The van der Waals surface area contributed by atoms with Gasteiger partial charge in [-0.2, -0.15) is 18.4 Å². The molecule has 37 heavy (non-hydrogen) atoms. The third-order valence-electron chi connectivity index (χ3n) is 5.82. The van der Waals surface area contributed by atoms with E-state index < -0.39 is 28.3 Å². The number of benzene rings is 3. The van der Waals surface area contributed by atoms with Gasteiger partial charge in [0.15, 0.2) is 5.75 Å². The molecule has 0 saturated heterocycles. The number of hydrogen-bond donors (Lipinski definition) is 1. The van der Waals surface area contributed by atoms with E-state index in [1.54, 1.807) is 48.5 Å². The van der Waals surface area contributed by atoms with Gasteiger partial charge in [0.05, 0.1) is 27.5 Å². The molecule has 2 heterocycles. The molecule has 5 rings (SSSR count). The zero-order valence-electron chi connectivity index (χ0n) is 19.7. The first-order valence-corrected chi connectivity index (χ1v) is 11.7. The molecule has 1 unspecified atom stereocenters. The summed E-state index contributed by atoms with van der Waals surface area (Å²) in [5.74, 6) is -0.818. The van der Waals surface area contributed by atoms with Crippen LogP contribution in [0.1, 0.15) is 36.5 Å². The van der Waals surface area contributed by atoms with E-state index in [2.05, 4.69) is 0 Å². The molecule has 0 spiro atoms. The molecular formula is C28H20ClF3N2O3. The van der Waals surface area contributed by atoms with E-state index in [1.165, 1.54) is 12.1 Å². The molecule has 9 heteroatoms. The number of hydrogen-bond acceptors (Lipinski definition) is 5. The lowest BCUT2D eigenvalue weighted by Gasteiger charge is -2.26. The van der Waals surface area contributed by atoms with Crippen LogP contribution < -0.4 is 16.1 Å². The number of allylic oxidation sites excluding steroid dienone is 1.